The van der Waals surface area contributed by atoms with Crippen LogP contribution < -0.4 is 4.90 Å². The lowest BCUT2D eigenvalue weighted by Crippen LogP contribution is -2.27. The summed E-state index contributed by atoms with van der Waals surface area (Å²) in [6.07, 6.45) is 1.59. The van der Waals surface area contributed by atoms with Gasteiger partial charge in [-0.05, 0) is 41.4 Å². The van der Waals surface area contributed by atoms with Crippen LogP contribution >= 0.6 is 11.3 Å². The van der Waals surface area contributed by atoms with Crippen LogP contribution in [0.1, 0.15) is 11.1 Å². The Morgan fingerprint density at radius 1 is 1.24 bits per heavy atom. The highest BCUT2D eigenvalue weighted by molar-refractivity contribution is 7.07. The fourth-order valence-electron chi connectivity index (χ4n) is 2.39. The van der Waals surface area contributed by atoms with Crippen LogP contribution in [-0.2, 0) is 6.54 Å². The monoisotopic (exact) mass is 299 g/mol. The highest BCUT2D eigenvalue weighted by atomic mass is 32.1. The molecule has 0 aliphatic heterocycles. The molecule has 0 atom stereocenters. The molecule has 108 valence electrons. The molecule has 2 aromatic heterocycles. The molecule has 0 saturated carbocycles. The van der Waals surface area contributed by atoms with E-state index in [4.69, 9.17) is 0 Å². The largest absolute Gasteiger partial charge is 0.395 e. The number of aliphatic hydroxyl groups excluding tert-OH is 1. The van der Waals surface area contributed by atoms with E-state index >= 15 is 0 Å². The maximum atomic E-state index is 9.37. The summed E-state index contributed by atoms with van der Waals surface area (Å²) < 4.78 is 0. The predicted molar refractivity (Wildman–Crippen MR) is 86.7 cm³/mol. The molecule has 0 fully saturated rings. The number of fused-ring (bicyclic) bond motifs is 1. The molecular weight excluding hydrogens is 282 g/mol. The molecule has 3 rings (SSSR count). The van der Waals surface area contributed by atoms with Crippen LogP contribution in [0.2, 0.25) is 0 Å². The van der Waals surface area contributed by atoms with Crippen molar-refractivity contribution in [3.63, 3.8) is 0 Å². The van der Waals surface area contributed by atoms with Crippen LogP contribution in [0, 0.1) is 6.92 Å². The van der Waals surface area contributed by atoms with Crippen LogP contribution in [0.15, 0.2) is 41.4 Å². The maximum absolute atomic E-state index is 9.37. The summed E-state index contributed by atoms with van der Waals surface area (Å²) in [5.41, 5.74) is 3.34. The first-order chi connectivity index (χ1) is 10.3. The van der Waals surface area contributed by atoms with Crippen molar-refractivity contribution < 1.29 is 5.11 Å². The summed E-state index contributed by atoms with van der Waals surface area (Å²) in [4.78, 5) is 10.9. The number of benzene rings is 1. The molecule has 1 N–H and O–H groups in total. The van der Waals surface area contributed by atoms with Gasteiger partial charge in [0.25, 0.3) is 0 Å². The second-order valence-electron chi connectivity index (χ2n) is 4.99. The molecule has 21 heavy (non-hydrogen) atoms. The number of thiophene rings is 1. The molecule has 0 radical (unpaired) electrons. The van der Waals surface area contributed by atoms with Gasteiger partial charge in [0.1, 0.15) is 12.1 Å². The number of aliphatic hydroxyl groups is 1. The Labute approximate surface area is 127 Å². The molecule has 0 saturated heterocycles. The molecule has 0 amide bonds. The van der Waals surface area contributed by atoms with Crippen LogP contribution in [0.3, 0.4) is 0 Å². The van der Waals surface area contributed by atoms with Crippen LogP contribution in [-0.4, -0.2) is 28.2 Å². The van der Waals surface area contributed by atoms with Crippen LogP contribution in [0.5, 0.6) is 0 Å². The lowest BCUT2D eigenvalue weighted by atomic mass is 10.1. The number of rotatable bonds is 5. The van der Waals surface area contributed by atoms with Crippen molar-refractivity contribution in [1.82, 2.24) is 9.97 Å². The molecule has 5 heteroatoms. The molecule has 3 aromatic rings. The Kier molecular flexibility index (Phi) is 4.13. The minimum atomic E-state index is 0.0987. The SMILES string of the molecule is Cc1ccc2ncnc(N(CCO)Cc3ccsc3)c2c1. The van der Waals surface area contributed by atoms with Gasteiger partial charge in [-0.2, -0.15) is 11.3 Å². The third-order valence-corrected chi connectivity index (χ3v) is 4.12. The number of anilines is 1. The van der Waals surface area contributed by atoms with E-state index in [1.54, 1.807) is 17.7 Å². The van der Waals surface area contributed by atoms with Crippen molar-refractivity contribution in [1.29, 1.82) is 0 Å². The second kappa shape index (κ2) is 6.20. The molecule has 0 aliphatic rings. The zero-order valence-corrected chi connectivity index (χ0v) is 12.7. The van der Waals surface area contributed by atoms with Gasteiger partial charge in [-0.3, -0.25) is 0 Å². The van der Waals surface area contributed by atoms with Gasteiger partial charge in [-0.25, -0.2) is 9.97 Å². The summed E-state index contributed by atoms with van der Waals surface area (Å²) in [7, 11) is 0. The lowest BCUT2D eigenvalue weighted by Gasteiger charge is -2.23. The number of nitrogens with zero attached hydrogens (tertiary/aromatic N) is 3. The predicted octanol–water partition coefficient (Wildman–Crippen LogP) is 3.00. The van der Waals surface area contributed by atoms with E-state index in [1.807, 2.05) is 12.1 Å². The molecule has 4 nitrogen and oxygen atoms in total. The van der Waals surface area contributed by atoms with Crippen LogP contribution in [0.25, 0.3) is 10.9 Å². The number of aryl methyl sites for hydroxylation is 1. The van der Waals surface area contributed by atoms with E-state index < -0.39 is 0 Å². The topological polar surface area (TPSA) is 49.2 Å². The van der Waals surface area contributed by atoms with Gasteiger partial charge >= 0.3 is 0 Å². The normalized spacial score (nSPS) is 11.0. The molecular formula is C16H17N3OS. The van der Waals surface area contributed by atoms with Crippen molar-refractivity contribution in [2.24, 2.45) is 0 Å². The Bertz CT molecular complexity index is 727. The first-order valence-electron chi connectivity index (χ1n) is 6.86. The smallest absolute Gasteiger partial charge is 0.140 e. The van der Waals surface area contributed by atoms with E-state index in [-0.39, 0.29) is 6.61 Å². The Balaban J connectivity index is 2.04. The van der Waals surface area contributed by atoms with Gasteiger partial charge in [-0.1, -0.05) is 11.6 Å². The molecule has 2 heterocycles. The Hall–Kier alpha value is -1.98. The zero-order chi connectivity index (χ0) is 14.7. The van der Waals surface area contributed by atoms with Gasteiger partial charge in [0.2, 0.25) is 0 Å². The number of hydrogen-bond acceptors (Lipinski definition) is 5. The lowest BCUT2D eigenvalue weighted by molar-refractivity contribution is 0.301. The Morgan fingerprint density at radius 3 is 2.90 bits per heavy atom. The zero-order valence-electron chi connectivity index (χ0n) is 11.9. The fraction of sp³-hybridized carbons (Fsp3) is 0.250. The third kappa shape index (κ3) is 3.04. The third-order valence-electron chi connectivity index (χ3n) is 3.39. The quantitative estimate of drug-likeness (QED) is 0.787. The maximum Gasteiger partial charge on any atom is 0.140 e. The summed E-state index contributed by atoms with van der Waals surface area (Å²) in [6, 6.07) is 8.26. The van der Waals surface area contributed by atoms with E-state index in [2.05, 4.69) is 44.7 Å². The summed E-state index contributed by atoms with van der Waals surface area (Å²) in [5.74, 6) is 0.879. The first kappa shape index (κ1) is 14.0. The standard InChI is InChI=1S/C16H17N3OS/c1-12-2-3-15-14(8-12)16(18-11-17-15)19(5-6-20)9-13-4-7-21-10-13/h2-4,7-8,10-11,20H,5-6,9H2,1H3. The summed E-state index contributed by atoms with van der Waals surface area (Å²) >= 11 is 1.68. The summed E-state index contributed by atoms with van der Waals surface area (Å²) in [5, 5.41) is 14.6. The van der Waals surface area contributed by atoms with Crippen LogP contribution in [0.4, 0.5) is 5.82 Å². The van der Waals surface area contributed by atoms with Crippen molar-refractivity contribution in [3.8, 4) is 0 Å². The average molecular weight is 299 g/mol. The summed E-state index contributed by atoms with van der Waals surface area (Å²) in [6.45, 7) is 3.45. The van der Waals surface area contributed by atoms with Crippen molar-refractivity contribution in [3.05, 3.63) is 52.5 Å². The highest BCUT2D eigenvalue weighted by Gasteiger charge is 2.13. The Morgan fingerprint density at radius 2 is 2.14 bits per heavy atom. The molecule has 0 bridgehead atoms. The number of aromatic nitrogens is 2. The molecule has 0 aliphatic carbocycles. The molecule has 1 aromatic carbocycles. The van der Waals surface area contributed by atoms with Gasteiger partial charge in [0.05, 0.1) is 12.1 Å². The minimum absolute atomic E-state index is 0.0987. The van der Waals surface area contributed by atoms with Gasteiger partial charge in [0, 0.05) is 18.5 Å². The van der Waals surface area contributed by atoms with Crippen molar-refractivity contribution in [2.45, 2.75) is 13.5 Å². The van der Waals surface area contributed by atoms with Crippen molar-refractivity contribution in [2.75, 3.05) is 18.1 Å². The van der Waals surface area contributed by atoms with E-state index in [0.29, 0.717) is 6.54 Å². The van der Waals surface area contributed by atoms with Gasteiger partial charge < -0.3 is 10.0 Å². The number of hydrogen-bond donors (Lipinski definition) is 1. The van der Waals surface area contributed by atoms with Crippen molar-refractivity contribution >= 4 is 28.1 Å². The fourth-order valence-corrected chi connectivity index (χ4v) is 3.05. The van der Waals surface area contributed by atoms with Gasteiger partial charge in [-0.15, -0.1) is 0 Å². The van der Waals surface area contributed by atoms with E-state index in [1.165, 1.54) is 11.1 Å². The van der Waals surface area contributed by atoms with E-state index in [0.717, 1.165) is 23.3 Å². The minimum Gasteiger partial charge on any atom is -0.395 e. The first-order valence-corrected chi connectivity index (χ1v) is 7.80. The highest BCUT2D eigenvalue weighted by Crippen LogP contribution is 2.25. The van der Waals surface area contributed by atoms with Gasteiger partial charge in [0.15, 0.2) is 0 Å². The second-order valence-corrected chi connectivity index (χ2v) is 5.77. The average Bonchev–Trinajstić information content (AvgIpc) is 2.99. The molecule has 0 spiro atoms. The molecule has 0 unspecified atom stereocenters. The van der Waals surface area contributed by atoms with E-state index in [9.17, 15) is 5.11 Å².